The molecule has 0 saturated carbocycles. The van der Waals surface area contributed by atoms with Crippen LogP contribution in [0.1, 0.15) is 5.56 Å². The van der Waals surface area contributed by atoms with Crippen molar-refractivity contribution in [1.82, 2.24) is 4.90 Å². The number of hydrogen-bond donors (Lipinski definition) is 3. The Hall–Kier alpha value is -1.41. The molecule has 8 heteroatoms. The summed E-state index contributed by atoms with van der Waals surface area (Å²) in [4.78, 5) is 33.7. The molecule has 1 unspecified atom stereocenters. The van der Waals surface area contributed by atoms with Crippen molar-refractivity contribution in [3.8, 4) is 0 Å². The van der Waals surface area contributed by atoms with Gasteiger partial charge in [-0.3, -0.25) is 19.3 Å². The summed E-state index contributed by atoms with van der Waals surface area (Å²) < 4.78 is 0. The molecule has 0 bridgehead atoms. The van der Waals surface area contributed by atoms with Crippen LogP contribution < -0.4 is 0 Å². The number of carboxylic acid groups (broad SMARTS) is 3. The van der Waals surface area contributed by atoms with Crippen molar-refractivity contribution in [2.24, 2.45) is 0 Å². The predicted molar refractivity (Wildman–Crippen MR) is 75.6 cm³/mol. The number of hydrogen-bond acceptors (Lipinski definition) is 4. The van der Waals surface area contributed by atoms with Gasteiger partial charge in [-0.25, -0.2) is 0 Å². The average molecular weight is 305 g/mol. The Balaban J connectivity index is 0.00000400. The summed E-state index contributed by atoms with van der Waals surface area (Å²) in [5.41, 5.74) is 0.695. The van der Waals surface area contributed by atoms with E-state index in [-0.39, 0.29) is 36.0 Å². The van der Waals surface area contributed by atoms with Crippen molar-refractivity contribution in [1.29, 1.82) is 0 Å². The molecule has 0 aliphatic rings. The van der Waals surface area contributed by atoms with Crippen LogP contribution in [-0.2, 0) is 20.8 Å². The maximum absolute atomic E-state index is 11.3. The molecule has 1 atom stereocenters. The van der Waals surface area contributed by atoms with Gasteiger partial charge in [0, 0.05) is 0 Å². The SMILES string of the molecule is O=C(O)CN(CC(=O)O)C(Cc1ccccc1)C(=O)O.[NaH]. The Kier molecular flexibility index (Phi) is 8.87. The molecule has 110 valence electrons. The normalized spacial score (nSPS) is 11.5. The monoisotopic (exact) mass is 305 g/mol. The van der Waals surface area contributed by atoms with E-state index in [1.165, 1.54) is 0 Å². The van der Waals surface area contributed by atoms with Gasteiger partial charge in [0.25, 0.3) is 0 Å². The number of nitrogens with zero attached hydrogens (tertiary/aromatic N) is 1. The second-order valence-corrected chi connectivity index (χ2v) is 4.24. The molecule has 21 heavy (non-hydrogen) atoms. The van der Waals surface area contributed by atoms with Gasteiger partial charge in [0.15, 0.2) is 0 Å². The molecule has 1 rings (SSSR count). The van der Waals surface area contributed by atoms with Gasteiger partial charge in [0.2, 0.25) is 0 Å². The van der Waals surface area contributed by atoms with Gasteiger partial charge in [-0.05, 0) is 12.0 Å². The Morgan fingerprint density at radius 2 is 1.43 bits per heavy atom. The summed E-state index contributed by atoms with van der Waals surface area (Å²) in [6.07, 6.45) is 0.0384. The minimum absolute atomic E-state index is 0. The maximum atomic E-state index is 11.3. The third-order valence-electron chi connectivity index (χ3n) is 2.67. The molecule has 3 N–H and O–H groups in total. The summed E-state index contributed by atoms with van der Waals surface area (Å²) in [6, 6.07) is 7.43. The summed E-state index contributed by atoms with van der Waals surface area (Å²) in [6.45, 7) is -1.29. The van der Waals surface area contributed by atoms with Gasteiger partial charge < -0.3 is 15.3 Å². The Bertz CT molecular complexity index is 477. The Labute approximate surface area is 143 Å². The van der Waals surface area contributed by atoms with E-state index in [4.69, 9.17) is 10.2 Å². The van der Waals surface area contributed by atoms with E-state index in [1.54, 1.807) is 30.3 Å². The predicted octanol–water partition coefficient (Wildman–Crippen LogP) is -0.495. The first-order valence-electron chi connectivity index (χ1n) is 5.84. The van der Waals surface area contributed by atoms with Crippen LogP contribution in [0.15, 0.2) is 30.3 Å². The molecule has 0 spiro atoms. The number of carboxylic acids is 3. The van der Waals surface area contributed by atoms with E-state index in [1.807, 2.05) is 0 Å². The zero-order valence-electron chi connectivity index (χ0n) is 10.6. The molecule has 7 nitrogen and oxygen atoms in total. The van der Waals surface area contributed by atoms with Crippen molar-refractivity contribution in [2.75, 3.05) is 13.1 Å². The first kappa shape index (κ1) is 19.6. The van der Waals surface area contributed by atoms with Gasteiger partial charge >= 0.3 is 47.5 Å². The van der Waals surface area contributed by atoms with E-state index < -0.39 is 37.0 Å². The van der Waals surface area contributed by atoms with E-state index >= 15 is 0 Å². The molecule has 0 saturated heterocycles. The zero-order valence-corrected chi connectivity index (χ0v) is 10.6. The first-order chi connectivity index (χ1) is 9.40. The topological polar surface area (TPSA) is 115 Å². The van der Waals surface area contributed by atoms with Gasteiger partial charge in [0.05, 0.1) is 13.1 Å². The quantitative estimate of drug-likeness (QED) is 0.555. The van der Waals surface area contributed by atoms with E-state index in [0.717, 1.165) is 4.90 Å². The van der Waals surface area contributed by atoms with Gasteiger partial charge in [-0.2, -0.15) is 0 Å². The molecule has 0 amide bonds. The fourth-order valence-corrected chi connectivity index (χ4v) is 1.83. The first-order valence-corrected chi connectivity index (χ1v) is 5.84. The number of rotatable bonds is 8. The van der Waals surface area contributed by atoms with Crippen molar-refractivity contribution < 1.29 is 29.7 Å². The molecular formula is C13H16NNaO6. The minimum atomic E-state index is -1.27. The van der Waals surface area contributed by atoms with Crippen LogP contribution in [0.5, 0.6) is 0 Å². The van der Waals surface area contributed by atoms with Crippen LogP contribution in [0.25, 0.3) is 0 Å². The van der Waals surface area contributed by atoms with Crippen molar-refractivity contribution in [3.63, 3.8) is 0 Å². The van der Waals surface area contributed by atoms with Gasteiger partial charge in [0.1, 0.15) is 6.04 Å². The van der Waals surface area contributed by atoms with Crippen LogP contribution >= 0.6 is 0 Å². The zero-order chi connectivity index (χ0) is 15.1. The number of aliphatic carboxylic acids is 3. The van der Waals surface area contributed by atoms with Crippen LogP contribution in [-0.4, -0.2) is 86.8 Å². The Morgan fingerprint density at radius 3 is 1.81 bits per heavy atom. The third kappa shape index (κ3) is 7.24. The second-order valence-electron chi connectivity index (χ2n) is 4.24. The molecule has 0 aliphatic carbocycles. The van der Waals surface area contributed by atoms with E-state index in [9.17, 15) is 19.5 Å². The van der Waals surface area contributed by atoms with Crippen LogP contribution in [0, 0.1) is 0 Å². The Morgan fingerprint density at radius 1 is 0.952 bits per heavy atom. The van der Waals surface area contributed by atoms with Crippen molar-refractivity contribution in [3.05, 3.63) is 35.9 Å². The summed E-state index contributed by atoms with van der Waals surface area (Å²) in [5.74, 6) is -3.80. The average Bonchev–Trinajstić information content (AvgIpc) is 2.35. The molecule has 0 aromatic heterocycles. The third-order valence-corrected chi connectivity index (χ3v) is 2.67. The molecule has 0 radical (unpaired) electrons. The molecule has 0 aliphatic heterocycles. The number of benzene rings is 1. The fourth-order valence-electron chi connectivity index (χ4n) is 1.83. The molecular weight excluding hydrogens is 289 g/mol. The molecule has 1 aromatic rings. The van der Waals surface area contributed by atoms with Crippen LogP contribution in [0.2, 0.25) is 0 Å². The van der Waals surface area contributed by atoms with Gasteiger partial charge in [-0.1, -0.05) is 30.3 Å². The molecule has 1 aromatic carbocycles. The van der Waals surface area contributed by atoms with Gasteiger partial charge in [-0.15, -0.1) is 0 Å². The summed E-state index contributed by atoms with van der Waals surface area (Å²) in [5, 5.41) is 26.7. The summed E-state index contributed by atoms with van der Waals surface area (Å²) >= 11 is 0. The standard InChI is InChI=1S/C13H15NO6.Na.H/c15-11(16)7-14(8-12(17)18)10(13(19)20)6-9-4-2-1-3-5-9;;/h1-5,10H,6-8H2,(H,15,16)(H,17,18)(H,19,20);;. The number of carbonyl (C=O) groups is 3. The summed E-state index contributed by atoms with van der Waals surface area (Å²) in [7, 11) is 0. The van der Waals surface area contributed by atoms with E-state index in [2.05, 4.69) is 0 Å². The van der Waals surface area contributed by atoms with Crippen molar-refractivity contribution >= 4 is 47.5 Å². The molecule has 0 fully saturated rings. The van der Waals surface area contributed by atoms with Crippen molar-refractivity contribution in [2.45, 2.75) is 12.5 Å². The molecule has 0 heterocycles. The van der Waals surface area contributed by atoms with Crippen LogP contribution in [0.4, 0.5) is 0 Å². The fraction of sp³-hybridized carbons (Fsp3) is 0.308. The van der Waals surface area contributed by atoms with Crippen LogP contribution in [0.3, 0.4) is 0 Å². The second kappa shape index (κ2) is 9.51. The van der Waals surface area contributed by atoms with E-state index in [0.29, 0.717) is 5.56 Å².